The third-order valence-corrected chi connectivity index (χ3v) is 4.30. The van der Waals surface area contributed by atoms with Crippen LogP contribution < -0.4 is 10.2 Å². The number of halogens is 2. The molecule has 1 atom stereocenters. The smallest absolute Gasteiger partial charge is 0.251 e. The minimum atomic E-state index is -2.50. The molecule has 0 bridgehead atoms. The lowest BCUT2D eigenvalue weighted by Crippen LogP contribution is -2.39. The zero-order valence-corrected chi connectivity index (χ0v) is 11.8. The summed E-state index contributed by atoms with van der Waals surface area (Å²) in [7, 11) is 0. The topological polar surface area (TPSA) is 28.2 Å². The molecule has 1 saturated heterocycles. The molecule has 1 N–H and O–H groups in total. The van der Waals surface area contributed by atoms with E-state index in [-0.39, 0.29) is 12.8 Å². The summed E-state index contributed by atoms with van der Waals surface area (Å²) < 4.78 is 26.5. The Morgan fingerprint density at radius 3 is 2.80 bits per heavy atom. The van der Waals surface area contributed by atoms with Gasteiger partial charge in [-0.25, -0.2) is 13.8 Å². The summed E-state index contributed by atoms with van der Waals surface area (Å²) in [6, 6.07) is 4.11. The van der Waals surface area contributed by atoms with Gasteiger partial charge in [-0.1, -0.05) is 13.0 Å². The lowest BCUT2D eigenvalue weighted by molar-refractivity contribution is -0.0221. The summed E-state index contributed by atoms with van der Waals surface area (Å²) in [6.45, 7) is 4.87. The molecule has 0 unspecified atom stereocenters. The largest absolute Gasteiger partial charge is 0.356 e. The second kappa shape index (κ2) is 5.28. The van der Waals surface area contributed by atoms with E-state index < -0.39 is 5.92 Å². The van der Waals surface area contributed by atoms with Gasteiger partial charge in [0.05, 0.1) is 5.69 Å². The summed E-state index contributed by atoms with van der Waals surface area (Å²) in [4.78, 5) is 6.76. The first-order valence-electron chi connectivity index (χ1n) is 7.38. The fraction of sp³-hybridized carbons (Fsp3) is 0.667. The van der Waals surface area contributed by atoms with Gasteiger partial charge in [-0.05, 0) is 24.6 Å². The van der Waals surface area contributed by atoms with E-state index in [1.165, 1.54) is 5.56 Å². The van der Waals surface area contributed by atoms with Gasteiger partial charge in [0.1, 0.15) is 5.82 Å². The van der Waals surface area contributed by atoms with Gasteiger partial charge in [0.2, 0.25) is 0 Å². The van der Waals surface area contributed by atoms with Gasteiger partial charge in [0.25, 0.3) is 5.92 Å². The average molecular weight is 281 g/mol. The molecule has 5 heteroatoms. The van der Waals surface area contributed by atoms with E-state index in [0.29, 0.717) is 19.0 Å². The molecule has 1 aromatic heterocycles. The van der Waals surface area contributed by atoms with Gasteiger partial charge in [-0.2, -0.15) is 0 Å². The zero-order chi connectivity index (χ0) is 14.2. The maximum absolute atomic E-state index is 13.2. The van der Waals surface area contributed by atoms with Gasteiger partial charge in [-0.15, -0.1) is 0 Å². The van der Waals surface area contributed by atoms with Crippen LogP contribution >= 0.6 is 0 Å². The third-order valence-electron chi connectivity index (χ3n) is 4.30. The third kappa shape index (κ3) is 2.77. The SMILES string of the molecule is C[C@H]1CNCCc2ccc(N3CCC(F)(F)CC3)nc21. The molecule has 0 aliphatic carbocycles. The van der Waals surface area contributed by atoms with E-state index in [1.807, 2.05) is 11.0 Å². The molecular weight excluding hydrogens is 260 g/mol. The Kier molecular flexibility index (Phi) is 3.63. The van der Waals surface area contributed by atoms with Crippen molar-refractivity contribution in [2.75, 3.05) is 31.1 Å². The highest BCUT2D eigenvalue weighted by molar-refractivity contribution is 5.43. The van der Waals surface area contributed by atoms with Gasteiger partial charge < -0.3 is 10.2 Å². The molecule has 110 valence electrons. The Labute approximate surface area is 118 Å². The fourth-order valence-corrected chi connectivity index (χ4v) is 3.01. The average Bonchev–Trinajstić information content (AvgIpc) is 2.61. The molecule has 2 aliphatic heterocycles. The van der Waals surface area contributed by atoms with E-state index in [0.717, 1.165) is 31.0 Å². The molecule has 0 aromatic carbocycles. The van der Waals surface area contributed by atoms with Crippen molar-refractivity contribution >= 4 is 5.82 Å². The standard InChI is InChI=1S/C15H21F2N3/c1-11-10-18-7-4-12-2-3-13(19-14(11)12)20-8-5-15(16,17)6-9-20/h2-3,11,18H,4-10H2,1H3/t11-/m0/s1. The molecule has 1 aromatic rings. The summed E-state index contributed by atoms with van der Waals surface area (Å²) in [5.74, 6) is -1.27. The molecule has 0 saturated carbocycles. The summed E-state index contributed by atoms with van der Waals surface area (Å²) in [5.41, 5.74) is 2.42. The number of nitrogens with one attached hydrogen (secondary N) is 1. The Morgan fingerprint density at radius 1 is 1.30 bits per heavy atom. The Balaban J connectivity index is 1.82. The van der Waals surface area contributed by atoms with Crippen LogP contribution in [0, 0.1) is 0 Å². The van der Waals surface area contributed by atoms with Gasteiger partial charge in [-0.3, -0.25) is 0 Å². The van der Waals surface area contributed by atoms with E-state index in [1.54, 1.807) is 0 Å². The van der Waals surface area contributed by atoms with Crippen LogP contribution in [0.3, 0.4) is 0 Å². The van der Waals surface area contributed by atoms with Crippen LogP contribution in [0.25, 0.3) is 0 Å². The Hall–Kier alpha value is -1.23. The predicted octanol–water partition coefficient (Wildman–Crippen LogP) is 2.57. The van der Waals surface area contributed by atoms with Gasteiger partial charge in [0.15, 0.2) is 0 Å². The van der Waals surface area contributed by atoms with Crippen molar-refractivity contribution in [1.29, 1.82) is 0 Å². The van der Waals surface area contributed by atoms with Crippen LogP contribution in [0.5, 0.6) is 0 Å². The zero-order valence-electron chi connectivity index (χ0n) is 11.8. The second-order valence-electron chi connectivity index (χ2n) is 5.91. The van der Waals surface area contributed by atoms with Crippen molar-refractivity contribution in [3.8, 4) is 0 Å². The minimum Gasteiger partial charge on any atom is -0.356 e. The van der Waals surface area contributed by atoms with Gasteiger partial charge >= 0.3 is 0 Å². The summed E-state index contributed by atoms with van der Waals surface area (Å²) >= 11 is 0. The number of hydrogen-bond acceptors (Lipinski definition) is 3. The van der Waals surface area contributed by atoms with E-state index in [2.05, 4.69) is 18.3 Å². The number of aromatic nitrogens is 1. The molecule has 0 radical (unpaired) electrons. The molecule has 3 rings (SSSR count). The monoisotopic (exact) mass is 281 g/mol. The number of rotatable bonds is 1. The quantitative estimate of drug-likeness (QED) is 0.857. The number of anilines is 1. The first kappa shape index (κ1) is 13.7. The number of nitrogens with zero attached hydrogens (tertiary/aromatic N) is 2. The molecule has 1 fully saturated rings. The highest BCUT2D eigenvalue weighted by Gasteiger charge is 2.34. The molecule has 3 heterocycles. The lowest BCUT2D eigenvalue weighted by atomic mass is 10.0. The summed E-state index contributed by atoms with van der Waals surface area (Å²) in [5, 5.41) is 3.40. The van der Waals surface area contributed by atoms with Crippen molar-refractivity contribution < 1.29 is 8.78 Å². The van der Waals surface area contributed by atoms with Gasteiger partial charge in [0, 0.05) is 38.4 Å². The van der Waals surface area contributed by atoms with Crippen molar-refractivity contribution in [3.05, 3.63) is 23.4 Å². The van der Waals surface area contributed by atoms with Crippen molar-refractivity contribution in [2.45, 2.75) is 38.0 Å². The Bertz CT molecular complexity index is 480. The first-order valence-corrected chi connectivity index (χ1v) is 7.38. The van der Waals surface area contributed by atoms with Crippen LogP contribution in [0.1, 0.15) is 36.9 Å². The molecule has 3 nitrogen and oxygen atoms in total. The maximum atomic E-state index is 13.2. The molecule has 2 aliphatic rings. The van der Waals surface area contributed by atoms with Crippen molar-refractivity contribution in [1.82, 2.24) is 10.3 Å². The van der Waals surface area contributed by atoms with Crippen molar-refractivity contribution in [3.63, 3.8) is 0 Å². The molecule has 0 spiro atoms. The van der Waals surface area contributed by atoms with Crippen LogP contribution in [-0.2, 0) is 6.42 Å². The highest BCUT2D eigenvalue weighted by Crippen LogP contribution is 2.31. The van der Waals surface area contributed by atoms with Crippen LogP contribution in [0.15, 0.2) is 12.1 Å². The number of fused-ring (bicyclic) bond motifs is 1. The summed E-state index contributed by atoms with van der Waals surface area (Å²) in [6.07, 6.45) is 0.858. The fourth-order valence-electron chi connectivity index (χ4n) is 3.01. The molecular formula is C15H21F2N3. The molecule has 20 heavy (non-hydrogen) atoms. The Morgan fingerprint density at radius 2 is 2.05 bits per heavy atom. The number of pyridine rings is 1. The number of hydrogen-bond donors (Lipinski definition) is 1. The van der Waals surface area contributed by atoms with E-state index in [4.69, 9.17) is 4.98 Å². The lowest BCUT2D eigenvalue weighted by Gasteiger charge is -2.33. The minimum absolute atomic E-state index is 0.0666. The van der Waals surface area contributed by atoms with Crippen LogP contribution in [0.4, 0.5) is 14.6 Å². The number of piperidine rings is 1. The van der Waals surface area contributed by atoms with Crippen LogP contribution in [-0.4, -0.2) is 37.1 Å². The second-order valence-corrected chi connectivity index (χ2v) is 5.91. The predicted molar refractivity (Wildman–Crippen MR) is 75.6 cm³/mol. The normalized spacial score (nSPS) is 25.9. The first-order chi connectivity index (χ1) is 9.55. The van der Waals surface area contributed by atoms with E-state index >= 15 is 0 Å². The van der Waals surface area contributed by atoms with E-state index in [9.17, 15) is 8.78 Å². The maximum Gasteiger partial charge on any atom is 0.251 e. The molecule has 0 amide bonds. The van der Waals surface area contributed by atoms with Crippen molar-refractivity contribution in [2.24, 2.45) is 0 Å². The number of alkyl halides is 2. The highest BCUT2D eigenvalue weighted by atomic mass is 19.3. The van der Waals surface area contributed by atoms with Crippen LogP contribution in [0.2, 0.25) is 0 Å².